The van der Waals surface area contributed by atoms with Gasteiger partial charge in [-0.1, -0.05) is 18.2 Å². The van der Waals surface area contributed by atoms with Crippen LogP contribution >= 0.6 is 0 Å². The minimum absolute atomic E-state index is 0.0269. The van der Waals surface area contributed by atoms with Crippen molar-refractivity contribution in [2.75, 3.05) is 14.2 Å². The van der Waals surface area contributed by atoms with E-state index in [1.165, 1.54) is 0 Å². The molecule has 4 heteroatoms. The lowest BCUT2D eigenvalue weighted by molar-refractivity contribution is -0.120. The number of methoxy groups -OCH3 is 2. The molecule has 0 saturated heterocycles. The molecule has 0 spiro atoms. The predicted octanol–water partition coefficient (Wildman–Crippen LogP) is 2.05. The molecule has 0 saturated carbocycles. The van der Waals surface area contributed by atoms with Crippen LogP contribution in [0.25, 0.3) is 0 Å². The van der Waals surface area contributed by atoms with Crippen molar-refractivity contribution in [3.63, 3.8) is 0 Å². The van der Waals surface area contributed by atoms with E-state index in [4.69, 9.17) is 9.47 Å². The van der Waals surface area contributed by atoms with E-state index in [-0.39, 0.29) is 18.4 Å². The van der Waals surface area contributed by atoms with Gasteiger partial charge in [-0.25, -0.2) is 0 Å². The van der Waals surface area contributed by atoms with E-state index in [1.54, 1.807) is 20.3 Å². The zero-order valence-electron chi connectivity index (χ0n) is 10.8. The largest absolute Gasteiger partial charge is 0.508 e. The molecular weight excluding hydrogens is 218 g/mol. The molecule has 96 valence electrons. The zero-order valence-corrected chi connectivity index (χ0v) is 10.8. The molecular formula is C13H21NO3. The summed E-state index contributed by atoms with van der Waals surface area (Å²) >= 11 is 0. The molecule has 0 bridgehead atoms. The van der Waals surface area contributed by atoms with E-state index in [2.05, 4.69) is 5.32 Å². The summed E-state index contributed by atoms with van der Waals surface area (Å²) in [4.78, 5) is 0. The first-order chi connectivity index (χ1) is 8.10. The number of para-hydroxylation sites is 1. The summed E-state index contributed by atoms with van der Waals surface area (Å²) in [5, 5.41) is 13.1. The minimum atomic E-state index is -0.302. The molecule has 0 amide bonds. The van der Waals surface area contributed by atoms with Gasteiger partial charge in [0.15, 0.2) is 6.29 Å². The van der Waals surface area contributed by atoms with Crippen LogP contribution in [-0.4, -0.2) is 31.7 Å². The number of ether oxygens (including phenoxy) is 2. The number of rotatable bonds is 6. The number of hydrogen-bond acceptors (Lipinski definition) is 4. The summed E-state index contributed by atoms with van der Waals surface area (Å²) in [5.74, 6) is 0.297. The van der Waals surface area contributed by atoms with Gasteiger partial charge in [0.05, 0.1) is 6.04 Å². The predicted molar refractivity (Wildman–Crippen MR) is 66.9 cm³/mol. The number of phenolic OH excluding ortho intramolecular Hbond substituents is 1. The summed E-state index contributed by atoms with van der Waals surface area (Å²) in [6.07, 6.45) is -0.302. The summed E-state index contributed by atoms with van der Waals surface area (Å²) < 4.78 is 10.4. The third-order valence-corrected chi connectivity index (χ3v) is 2.79. The summed E-state index contributed by atoms with van der Waals surface area (Å²) in [6, 6.07) is 7.35. The maximum absolute atomic E-state index is 9.74. The van der Waals surface area contributed by atoms with E-state index in [1.807, 2.05) is 32.0 Å². The van der Waals surface area contributed by atoms with Gasteiger partial charge >= 0.3 is 0 Å². The van der Waals surface area contributed by atoms with Crippen LogP contribution in [0.2, 0.25) is 0 Å². The van der Waals surface area contributed by atoms with Gasteiger partial charge in [-0.3, -0.25) is 0 Å². The Kier molecular flexibility index (Phi) is 5.41. The highest BCUT2D eigenvalue weighted by Crippen LogP contribution is 2.23. The van der Waals surface area contributed by atoms with E-state index in [0.717, 1.165) is 5.56 Å². The lowest BCUT2D eigenvalue weighted by Gasteiger charge is -2.26. The molecule has 17 heavy (non-hydrogen) atoms. The Balaban J connectivity index is 2.66. The van der Waals surface area contributed by atoms with Crippen molar-refractivity contribution < 1.29 is 14.6 Å². The quantitative estimate of drug-likeness (QED) is 0.746. The van der Waals surface area contributed by atoms with Gasteiger partial charge in [0.1, 0.15) is 5.75 Å². The molecule has 1 aromatic rings. The van der Waals surface area contributed by atoms with E-state index < -0.39 is 0 Å². The first-order valence-electron chi connectivity index (χ1n) is 5.69. The monoisotopic (exact) mass is 239 g/mol. The molecule has 1 aromatic carbocycles. The van der Waals surface area contributed by atoms with Crippen molar-refractivity contribution in [3.8, 4) is 5.75 Å². The Morgan fingerprint density at radius 2 is 1.71 bits per heavy atom. The van der Waals surface area contributed by atoms with Crippen LogP contribution < -0.4 is 5.32 Å². The topological polar surface area (TPSA) is 50.7 Å². The number of hydrogen-bond donors (Lipinski definition) is 2. The van der Waals surface area contributed by atoms with Crippen LogP contribution in [0.1, 0.15) is 25.5 Å². The highest BCUT2D eigenvalue weighted by atomic mass is 16.7. The SMILES string of the molecule is COC(OC)C(C)NC(C)c1ccccc1O. The van der Waals surface area contributed by atoms with Crippen molar-refractivity contribution in [1.29, 1.82) is 0 Å². The van der Waals surface area contributed by atoms with Gasteiger partial charge < -0.3 is 19.9 Å². The third kappa shape index (κ3) is 3.70. The zero-order chi connectivity index (χ0) is 12.8. The molecule has 2 atom stereocenters. The molecule has 2 N–H and O–H groups in total. The fourth-order valence-electron chi connectivity index (χ4n) is 1.92. The van der Waals surface area contributed by atoms with Gasteiger partial charge in [-0.15, -0.1) is 0 Å². The Morgan fingerprint density at radius 1 is 1.12 bits per heavy atom. The maximum Gasteiger partial charge on any atom is 0.171 e. The lowest BCUT2D eigenvalue weighted by Crippen LogP contribution is -2.40. The molecule has 0 aliphatic heterocycles. The van der Waals surface area contributed by atoms with Gasteiger partial charge in [-0.05, 0) is 19.9 Å². The van der Waals surface area contributed by atoms with Gasteiger partial charge in [0, 0.05) is 25.8 Å². The normalized spacial score (nSPS) is 14.9. The Hall–Kier alpha value is -1.10. The van der Waals surface area contributed by atoms with Crippen molar-refractivity contribution in [3.05, 3.63) is 29.8 Å². The van der Waals surface area contributed by atoms with Gasteiger partial charge in [-0.2, -0.15) is 0 Å². The van der Waals surface area contributed by atoms with Gasteiger partial charge in [0.2, 0.25) is 0 Å². The highest BCUT2D eigenvalue weighted by molar-refractivity contribution is 5.34. The smallest absolute Gasteiger partial charge is 0.171 e. The van der Waals surface area contributed by atoms with Crippen molar-refractivity contribution in [2.24, 2.45) is 0 Å². The first kappa shape index (κ1) is 14.0. The summed E-state index contributed by atoms with van der Waals surface area (Å²) in [7, 11) is 3.22. The van der Waals surface area contributed by atoms with Crippen LogP contribution in [-0.2, 0) is 9.47 Å². The molecule has 0 aliphatic rings. The average molecular weight is 239 g/mol. The Bertz CT molecular complexity index is 339. The second-order valence-corrected chi connectivity index (χ2v) is 4.08. The molecule has 4 nitrogen and oxygen atoms in total. The van der Waals surface area contributed by atoms with Crippen LogP contribution in [0, 0.1) is 0 Å². The van der Waals surface area contributed by atoms with Crippen LogP contribution in [0.3, 0.4) is 0 Å². The summed E-state index contributed by atoms with van der Waals surface area (Å²) in [6.45, 7) is 3.97. The minimum Gasteiger partial charge on any atom is -0.508 e. The van der Waals surface area contributed by atoms with Gasteiger partial charge in [0.25, 0.3) is 0 Å². The second kappa shape index (κ2) is 6.59. The number of phenols is 1. The number of nitrogens with one attached hydrogen (secondary N) is 1. The standard InChI is InChI=1S/C13H21NO3/c1-9(11-7-5-6-8-12(11)15)14-10(2)13(16-3)17-4/h5-10,13-15H,1-4H3. The molecule has 1 rings (SSSR count). The van der Waals surface area contributed by atoms with E-state index in [9.17, 15) is 5.11 Å². The molecule has 2 unspecified atom stereocenters. The Morgan fingerprint density at radius 3 is 2.24 bits per heavy atom. The molecule has 0 aliphatic carbocycles. The van der Waals surface area contributed by atoms with E-state index in [0.29, 0.717) is 5.75 Å². The van der Waals surface area contributed by atoms with E-state index >= 15 is 0 Å². The van der Waals surface area contributed by atoms with Crippen molar-refractivity contribution >= 4 is 0 Å². The summed E-state index contributed by atoms with van der Waals surface area (Å²) in [5.41, 5.74) is 0.866. The molecule has 0 radical (unpaired) electrons. The molecule has 0 aromatic heterocycles. The fourth-order valence-corrected chi connectivity index (χ4v) is 1.92. The number of aromatic hydroxyl groups is 1. The fraction of sp³-hybridized carbons (Fsp3) is 0.538. The highest BCUT2D eigenvalue weighted by Gasteiger charge is 2.19. The van der Waals surface area contributed by atoms with Crippen molar-refractivity contribution in [2.45, 2.75) is 32.2 Å². The van der Waals surface area contributed by atoms with Crippen LogP contribution in [0.5, 0.6) is 5.75 Å². The average Bonchev–Trinajstić information content (AvgIpc) is 2.31. The first-order valence-corrected chi connectivity index (χ1v) is 5.69. The second-order valence-electron chi connectivity index (χ2n) is 4.08. The maximum atomic E-state index is 9.74. The van der Waals surface area contributed by atoms with Crippen LogP contribution in [0.15, 0.2) is 24.3 Å². The molecule has 0 fully saturated rings. The van der Waals surface area contributed by atoms with Crippen LogP contribution in [0.4, 0.5) is 0 Å². The van der Waals surface area contributed by atoms with Crippen molar-refractivity contribution in [1.82, 2.24) is 5.32 Å². The molecule has 0 heterocycles. The Labute approximate surface area is 103 Å². The third-order valence-electron chi connectivity index (χ3n) is 2.79. The lowest BCUT2D eigenvalue weighted by atomic mass is 10.1. The number of benzene rings is 1.